The number of rotatable bonds is 2. The van der Waals surface area contributed by atoms with Crippen molar-refractivity contribution in [3.05, 3.63) is 52.3 Å². The molecule has 4 rings (SSSR count). The van der Waals surface area contributed by atoms with E-state index in [0.717, 1.165) is 14.7 Å². The number of hydrogen-bond donors (Lipinski definition) is 2. The monoisotopic (exact) mass is 510 g/mol. The van der Waals surface area contributed by atoms with Crippen LogP contribution in [0.4, 0.5) is 9.59 Å². The molecule has 0 saturated carbocycles. The lowest BCUT2D eigenvalue weighted by Gasteiger charge is -2.36. The molecular formula is C24H26N6O7-2. The van der Waals surface area contributed by atoms with Gasteiger partial charge < -0.3 is 39.2 Å². The molecule has 3 heterocycles. The standard InChI is InChI=1S/C24H28N6O7/c25-22(32)28-11-13-29(23(33)34)9-7-27(8-10-30(14-12-28)24(35)36)15-16-5-6-18-20(31)17-3-1-2-4-19(17)37-21(18)26-16/h1-6H,7-15H2,(H2,25,32)(H,33,34)(H,35,36)/p-2. The maximum Gasteiger partial charge on any atom is 0.407 e. The van der Waals surface area contributed by atoms with E-state index in [0.29, 0.717) is 22.0 Å². The summed E-state index contributed by atoms with van der Waals surface area (Å²) in [6.07, 6.45) is -2.57. The number of carbonyl (C=O) groups excluding carboxylic acids is 1. The van der Waals surface area contributed by atoms with E-state index in [9.17, 15) is 29.7 Å². The van der Waals surface area contributed by atoms with Gasteiger partial charge in [0, 0.05) is 64.9 Å². The second-order valence-corrected chi connectivity index (χ2v) is 8.67. The van der Waals surface area contributed by atoms with E-state index in [1.165, 1.54) is 0 Å². The highest BCUT2D eigenvalue weighted by atomic mass is 16.4. The molecule has 1 aliphatic rings. The Labute approximate surface area is 211 Å². The molecule has 13 nitrogen and oxygen atoms in total. The number of amidine groups is 1. The number of aromatic nitrogens is 1. The van der Waals surface area contributed by atoms with Crippen LogP contribution in [0.5, 0.6) is 0 Å². The van der Waals surface area contributed by atoms with Crippen molar-refractivity contribution in [1.82, 2.24) is 24.6 Å². The number of nitrogens with one attached hydrogen (secondary N) is 1. The molecule has 2 amide bonds. The Morgan fingerprint density at radius 1 is 0.892 bits per heavy atom. The van der Waals surface area contributed by atoms with Gasteiger partial charge in [0.25, 0.3) is 0 Å². The van der Waals surface area contributed by atoms with Crippen LogP contribution in [0.1, 0.15) is 5.69 Å². The van der Waals surface area contributed by atoms with E-state index in [-0.39, 0.29) is 70.0 Å². The lowest BCUT2D eigenvalue weighted by Crippen LogP contribution is -2.53. The summed E-state index contributed by atoms with van der Waals surface area (Å²) in [6.45, 7) is 0.694. The number of carboxylic acid groups (broad SMARTS) is 2. The summed E-state index contributed by atoms with van der Waals surface area (Å²) in [7, 11) is 0. The average Bonchev–Trinajstić information content (AvgIpc) is 2.85. The summed E-state index contributed by atoms with van der Waals surface area (Å²) >= 11 is 0. The zero-order valence-electron chi connectivity index (χ0n) is 20.0. The van der Waals surface area contributed by atoms with Crippen LogP contribution >= 0.6 is 0 Å². The van der Waals surface area contributed by atoms with Crippen LogP contribution in [0.2, 0.25) is 0 Å². The Bertz CT molecular complexity index is 1350. The summed E-state index contributed by atoms with van der Waals surface area (Å²) in [4.78, 5) is 45.9. The molecule has 2 N–H and O–H groups in total. The molecule has 1 saturated heterocycles. The molecular weight excluding hydrogens is 484 g/mol. The minimum absolute atomic E-state index is 0.0223. The molecule has 0 spiro atoms. The third kappa shape index (κ3) is 6.06. The van der Waals surface area contributed by atoms with Crippen molar-refractivity contribution in [3.63, 3.8) is 0 Å². The van der Waals surface area contributed by atoms with Crippen LogP contribution in [-0.2, 0) is 6.54 Å². The fraction of sp³-hybridized carbons (Fsp3) is 0.375. The first-order valence-electron chi connectivity index (χ1n) is 11.7. The number of nitrogens with zero attached hydrogens (tertiary/aromatic N) is 5. The van der Waals surface area contributed by atoms with Crippen molar-refractivity contribution in [3.8, 4) is 0 Å². The van der Waals surface area contributed by atoms with Crippen LogP contribution < -0.4 is 15.6 Å². The molecule has 0 radical (unpaired) electrons. The number of benzene rings is 1. The molecule has 2 aromatic heterocycles. The molecule has 13 heteroatoms. The van der Waals surface area contributed by atoms with Crippen molar-refractivity contribution in [1.29, 1.82) is 5.41 Å². The number of amides is 2. The lowest BCUT2D eigenvalue weighted by molar-refractivity contribution is -0.266. The maximum absolute atomic E-state index is 12.8. The van der Waals surface area contributed by atoms with E-state index in [1.807, 2.05) is 4.90 Å². The molecule has 0 bridgehead atoms. The highest BCUT2D eigenvalue weighted by Crippen LogP contribution is 2.18. The highest BCUT2D eigenvalue weighted by molar-refractivity contribution is 5.87. The quantitative estimate of drug-likeness (QED) is 0.256. The predicted octanol–water partition coefficient (Wildman–Crippen LogP) is -0.621. The largest absolute Gasteiger partial charge is 0.846 e. The fourth-order valence-corrected chi connectivity index (χ4v) is 4.23. The smallest absolute Gasteiger partial charge is 0.407 e. The van der Waals surface area contributed by atoms with Gasteiger partial charge in [0.1, 0.15) is 11.7 Å². The fourth-order valence-electron chi connectivity index (χ4n) is 4.23. The van der Waals surface area contributed by atoms with E-state index in [2.05, 4.69) is 4.98 Å². The third-order valence-corrected chi connectivity index (χ3v) is 6.35. The first-order valence-corrected chi connectivity index (χ1v) is 11.7. The molecule has 1 aliphatic heterocycles. The number of hydrogen-bond acceptors (Lipinski definition) is 9. The van der Waals surface area contributed by atoms with Crippen LogP contribution in [0, 0.1) is 5.41 Å². The van der Waals surface area contributed by atoms with Crippen LogP contribution in [-0.4, -0.2) is 100 Å². The van der Waals surface area contributed by atoms with Crippen molar-refractivity contribution < 1.29 is 29.3 Å². The van der Waals surface area contributed by atoms with E-state index >= 15 is 0 Å². The van der Waals surface area contributed by atoms with Gasteiger partial charge in [-0.3, -0.25) is 15.1 Å². The normalized spacial score (nSPS) is 16.4. The summed E-state index contributed by atoms with van der Waals surface area (Å²) in [5, 5.41) is 41.0. The second-order valence-electron chi connectivity index (χ2n) is 8.67. The first kappa shape index (κ1) is 25.7. The Morgan fingerprint density at radius 3 is 2.19 bits per heavy atom. The molecule has 196 valence electrons. The highest BCUT2D eigenvalue weighted by Gasteiger charge is 2.19. The SMILES string of the molecule is N=C([O-])N1CCN(C(=O)[O-])CCN(Cc2ccc3c(=O)c4ccccc4oc3n2)CCN(C(=O)O)CC1. The summed E-state index contributed by atoms with van der Waals surface area (Å²) in [5.74, 6) is 0. The van der Waals surface area contributed by atoms with E-state index in [1.54, 1.807) is 36.4 Å². The molecule has 0 aliphatic carbocycles. The molecule has 3 aromatic rings. The Morgan fingerprint density at radius 2 is 1.51 bits per heavy atom. The van der Waals surface area contributed by atoms with Crippen molar-refractivity contribution in [2.75, 3.05) is 52.4 Å². The molecule has 37 heavy (non-hydrogen) atoms. The summed E-state index contributed by atoms with van der Waals surface area (Å²) in [5.41, 5.74) is 0.965. The first-order chi connectivity index (χ1) is 17.7. The topological polar surface area (TPSA) is 180 Å². The van der Waals surface area contributed by atoms with Crippen molar-refractivity contribution in [2.45, 2.75) is 6.54 Å². The van der Waals surface area contributed by atoms with E-state index < -0.39 is 18.2 Å². The predicted molar refractivity (Wildman–Crippen MR) is 129 cm³/mol. The average molecular weight is 511 g/mol. The maximum atomic E-state index is 12.8. The van der Waals surface area contributed by atoms with E-state index in [4.69, 9.17) is 9.83 Å². The Hall–Kier alpha value is -4.39. The third-order valence-electron chi connectivity index (χ3n) is 6.35. The van der Waals surface area contributed by atoms with Gasteiger partial charge in [-0.25, -0.2) is 9.78 Å². The molecule has 0 unspecified atom stereocenters. The van der Waals surface area contributed by atoms with Crippen molar-refractivity contribution >= 4 is 40.3 Å². The number of carbonyl (C=O) groups is 2. The minimum atomic E-state index is -1.40. The Kier molecular flexibility index (Phi) is 7.72. The van der Waals surface area contributed by atoms with Crippen LogP contribution in [0.3, 0.4) is 0 Å². The van der Waals surface area contributed by atoms with Gasteiger partial charge in [0.05, 0.1) is 16.5 Å². The van der Waals surface area contributed by atoms with Gasteiger partial charge in [-0.05, 0) is 24.3 Å². The molecule has 1 aromatic carbocycles. The second kappa shape index (κ2) is 11.1. The molecule has 0 atom stereocenters. The zero-order valence-corrected chi connectivity index (χ0v) is 20.0. The number of pyridine rings is 1. The number of fused-ring (bicyclic) bond motifs is 2. The van der Waals surface area contributed by atoms with Gasteiger partial charge in [-0.2, -0.15) is 0 Å². The van der Waals surface area contributed by atoms with Crippen molar-refractivity contribution in [2.24, 2.45) is 0 Å². The Balaban J connectivity index is 1.58. The molecule has 1 fully saturated rings. The summed E-state index contributed by atoms with van der Waals surface area (Å²) in [6, 6.07) is 9.19. The van der Waals surface area contributed by atoms with Gasteiger partial charge >= 0.3 is 6.09 Å². The van der Waals surface area contributed by atoms with Gasteiger partial charge in [0.15, 0.2) is 0 Å². The lowest BCUT2D eigenvalue weighted by atomic mass is 10.2. The number of para-hydroxylation sites is 1. The van der Waals surface area contributed by atoms with Gasteiger partial charge in [0.2, 0.25) is 11.1 Å². The van der Waals surface area contributed by atoms with Gasteiger partial charge in [-0.1, -0.05) is 12.1 Å². The zero-order chi connectivity index (χ0) is 26.5. The van der Waals surface area contributed by atoms with Crippen LogP contribution in [0.25, 0.3) is 22.1 Å². The minimum Gasteiger partial charge on any atom is -0.846 e. The van der Waals surface area contributed by atoms with Gasteiger partial charge in [-0.15, -0.1) is 0 Å². The summed E-state index contributed by atoms with van der Waals surface area (Å²) < 4.78 is 5.84. The van der Waals surface area contributed by atoms with Crippen LogP contribution in [0.15, 0.2) is 45.6 Å².